The molecule has 3 heteroatoms. The van der Waals surface area contributed by atoms with E-state index in [-0.39, 0.29) is 0 Å². The number of hydrogen-bond acceptors (Lipinski definition) is 2. The van der Waals surface area contributed by atoms with Gasteiger partial charge in [0.15, 0.2) is 0 Å². The summed E-state index contributed by atoms with van der Waals surface area (Å²) in [5.41, 5.74) is 1.94. The Balaban J connectivity index is 2.07. The summed E-state index contributed by atoms with van der Waals surface area (Å²) in [5, 5.41) is 13.9. The van der Waals surface area contributed by atoms with Crippen molar-refractivity contribution in [1.82, 2.24) is 9.78 Å². The maximum Gasteiger partial charge on any atom is 0.0929 e. The van der Waals surface area contributed by atoms with Gasteiger partial charge in [0.1, 0.15) is 0 Å². The van der Waals surface area contributed by atoms with Crippen LogP contribution in [0.1, 0.15) is 23.7 Å². The molecule has 0 fully saturated rings. The minimum absolute atomic E-state index is 0.316. The van der Waals surface area contributed by atoms with Crippen LogP contribution in [0.25, 0.3) is 0 Å². The van der Waals surface area contributed by atoms with E-state index in [4.69, 9.17) is 6.42 Å². The smallest absolute Gasteiger partial charge is 0.0929 e. The van der Waals surface area contributed by atoms with Gasteiger partial charge in [-0.25, -0.2) is 0 Å². The van der Waals surface area contributed by atoms with Gasteiger partial charge in [0.25, 0.3) is 0 Å². The van der Waals surface area contributed by atoms with Crippen LogP contribution in [0.3, 0.4) is 0 Å². The van der Waals surface area contributed by atoms with Crippen LogP contribution in [0.15, 0.2) is 42.7 Å². The molecule has 1 atom stereocenters. The normalized spacial score (nSPS) is 12.0. The topological polar surface area (TPSA) is 38.1 Å². The first-order valence-corrected chi connectivity index (χ1v) is 5.47. The van der Waals surface area contributed by atoms with E-state index in [0.717, 1.165) is 5.56 Å². The van der Waals surface area contributed by atoms with Crippen LogP contribution in [0.4, 0.5) is 0 Å². The third-order valence-electron chi connectivity index (χ3n) is 2.54. The minimum atomic E-state index is -0.621. The lowest BCUT2D eigenvalue weighted by molar-refractivity contribution is 0.184. The molecule has 17 heavy (non-hydrogen) atoms. The van der Waals surface area contributed by atoms with Crippen LogP contribution in [-0.2, 0) is 6.54 Å². The van der Waals surface area contributed by atoms with E-state index >= 15 is 0 Å². The molecule has 1 N–H and O–H groups in total. The lowest BCUT2D eigenvalue weighted by Gasteiger charge is -2.03. The molecule has 0 spiro atoms. The van der Waals surface area contributed by atoms with Crippen LogP contribution >= 0.6 is 0 Å². The number of aliphatic hydroxyl groups excluding tert-OH is 1. The Morgan fingerprint density at radius 1 is 1.35 bits per heavy atom. The number of aliphatic hydroxyl groups is 1. The second-order valence-electron chi connectivity index (χ2n) is 3.88. The third kappa shape index (κ3) is 2.96. The van der Waals surface area contributed by atoms with E-state index in [1.54, 1.807) is 10.9 Å². The standard InChI is InChI=1S/C14H14N2O/c1-2-6-14(17)13-9-15-16(11-13)10-12-7-4-3-5-8-12/h1,3-5,7-9,11,14,17H,6,10H2. The maximum atomic E-state index is 9.70. The van der Waals surface area contributed by atoms with Crippen molar-refractivity contribution >= 4 is 0 Å². The van der Waals surface area contributed by atoms with Crippen molar-refractivity contribution in [3.05, 3.63) is 53.9 Å². The third-order valence-corrected chi connectivity index (χ3v) is 2.54. The largest absolute Gasteiger partial charge is 0.387 e. The minimum Gasteiger partial charge on any atom is -0.387 e. The zero-order valence-corrected chi connectivity index (χ0v) is 9.45. The number of hydrogen-bond donors (Lipinski definition) is 1. The van der Waals surface area contributed by atoms with E-state index in [1.165, 1.54) is 5.56 Å². The number of rotatable bonds is 4. The van der Waals surface area contributed by atoms with Crippen molar-refractivity contribution in [3.8, 4) is 12.3 Å². The highest BCUT2D eigenvalue weighted by atomic mass is 16.3. The Kier molecular flexibility index (Phi) is 3.59. The highest BCUT2D eigenvalue weighted by Gasteiger charge is 2.08. The van der Waals surface area contributed by atoms with Gasteiger partial charge in [-0.15, -0.1) is 12.3 Å². The van der Waals surface area contributed by atoms with Crippen molar-refractivity contribution in [2.24, 2.45) is 0 Å². The van der Waals surface area contributed by atoms with Gasteiger partial charge in [-0.05, 0) is 5.56 Å². The number of benzene rings is 1. The van der Waals surface area contributed by atoms with Gasteiger partial charge in [0.2, 0.25) is 0 Å². The van der Waals surface area contributed by atoms with Crippen LogP contribution in [0.5, 0.6) is 0 Å². The average molecular weight is 226 g/mol. The summed E-state index contributed by atoms with van der Waals surface area (Å²) in [6, 6.07) is 10.0. The first-order chi connectivity index (χ1) is 8.29. The lowest BCUT2D eigenvalue weighted by Crippen LogP contribution is -2.00. The average Bonchev–Trinajstić information content (AvgIpc) is 2.79. The van der Waals surface area contributed by atoms with E-state index < -0.39 is 6.10 Å². The molecule has 0 aliphatic heterocycles. The summed E-state index contributed by atoms with van der Waals surface area (Å²) in [4.78, 5) is 0. The first kappa shape index (κ1) is 11.4. The fourth-order valence-corrected chi connectivity index (χ4v) is 1.64. The summed E-state index contributed by atoms with van der Waals surface area (Å²) >= 11 is 0. The van der Waals surface area contributed by atoms with Crippen molar-refractivity contribution in [2.45, 2.75) is 19.1 Å². The Bertz CT molecular complexity index is 511. The molecular formula is C14H14N2O. The highest BCUT2D eigenvalue weighted by molar-refractivity contribution is 5.16. The maximum absolute atomic E-state index is 9.70. The van der Waals surface area contributed by atoms with Gasteiger partial charge in [-0.1, -0.05) is 30.3 Å². The molecular weight excluding hydrogens is 212 g/mol. The van der Waals surface area contributed by atoms with Crippen LogP contribution in [-0.4, -0.2) is 14.9 Å². The van der Waals surface area contributed by atoms with Gasteiger partial charge in [0, 0.05) is 18.2 Å². The summed E-state index contributed by atoms with van der Waals surface area (Å²) in [7, 11) is 0. The Labute approximate surface area is 101 Å². The van der Waals surface area contributed by atoms with Crippen molar-refractivity contribution in [1.29, 1.82) is 0 Å². The van der Waals surface area contributed by atoms with E-state index in [9.17, 15) is 5.11 Å². The predicted molar refractivity (Wildman–Crippen MR) is 66.2 cm³/mol. The fourth-order valence-electron chi connectivity index (χ4n) is 1.64. The molecule has 0 saturated carbocycles. The van der Waals surface area contributed by atoms with E-state index in [2.05, 4.69) is 11.0 Å². The number of terminal acetylenes is 1. The molecule has 86 valence electrons. The monoisotopic (exact) mass is 226 g/mol. The zero-order chi connectivity index (χ0) is 12.1. The molecule has 2 rings (SSSR count). The molecule has 1 heterocycles. The zero-order valence-electron chi connectivity index (χ0n) is 9.45. The Morgan fingerprint density at radius 2 is 2.12 bits per heavy atom. The Morgan fingerprint density at radius 3 is 2.82 bits per heavy atom. The second-order valence-corrected chi connectivity index (χ2v) is 3.88. The summed E-state index contributed by atoms with van der Waals surface area (Å²) in [5.74, 6) is 2.44. The molecule has 3 nitrogen and oxygen atoms in total. The summed E-state index contributed by atoms with van der Waals surface area (Å²) in [6.07, 6.45) is 8.34. The molecule has 2 aromatic rings. The van der Waals surface area contributed by atoms with E-state index in [1.807, 2.05) is 36.5 Å². The molecule has 0 aliphatic rings. The summed E-state index contributed by atoms with van der Waals surface area (Å²) in [6.45, 7) is 0.698. The van der Waals surface area contributed by atoms with Gasteiger partial charge in [0.05, 0.1) is 18.8 Å². The molecule has 0 amide bonds. The molecule has 0 aliphatic carbocycles. The van der Waals surface area contributed by atoms with Gasteiger partial charge in [-0.3, -0.25) is 4.68 Å². The van der Waals surface area contributed by atoms with Crippen LogP contribution in [0.2, 0.25) is 0 Å². The lowest BCUT2D eigenvalue weighted by atomic mass is 10.1. The quantitative estimate of drug-likeness (QED) is 0.810. The summed E-state index contributed by atoms with van der Waals surface area (Å²) < 4.78 is 1.80. The van der Waals surface area contributed by atoms with Crippen molar-refractivity contribution in [2.75, 3.05) is 0 Å². The Hall–Kier alpha value is -2.05. The molecule has 0 radical (unpaired) electrons. The molecule has 0 bridgehead atoms. The molecule has 0 saturated heterocycles. The first-order valence-electron chi connectivity index (χ1n) is 5.47. The van der Waals surface area contributed by atoms with Crippen molar-refractivity contribution in [3.63, 3.8) is 0 Å². The predicted octanol–water partition coefficient (Wildman–Crippen LogP) is 1.99. The molecule has 1 aromatic carbocycles. The van der Waals surface area contributed by atoms with Crippen LogP contribution in [0, 0.1) is 12.3 Å². The van der Waals surface area contributed by atoms with E-state index in [0.29, 0.717) is 13.0 Å². The van der Waals surface area contributed by atoms with Gasteiger partial charge >= 0.3 is 0 Å². The van der Waals surface area contributed by atoms with Crippen LogP contribution < -0.4 is 0 Å². The highest BCUT2D eigenvalue weighted by Crippen LogP contribution is 2.15. The second kappa shape index (κ2) is 5.33. The molecule has 1 unspecified atom stereocenters. The number of nitrogens with zero attached hydrogens (tertiary/aromatic N) is 2. The molecule has 1 aromatic heterocycles. The van der Waals surface area contributed by atoms with Gasteiger partial charge < -0.3 is 5.11 Å². The SMILES string of the molecule is C#CCC(O)c1cnn(Cc2ccccc2)c1. The number of aromatic nitrogens is 2. The van der Waals surface area contributed by atoms with Crippen molar-refractivity contribution < 1.29 is 5.11 Å². The van der Waals surface area contributed by atoms with Gasteiger partial charge in [-0.2, -0.15) is 5.10 Å². The fraction of sp³-hybridized carbons (Fsp3) is 0.214.